The molecule has 138 valence electrons. The summed E-state index contributed by atoms with van der Waals surface area (Å²) >= 11 is 0. The van der Waals surface area contributed by atoms with E-state index in [0.29, 0.717) is 23.5 Å². The zero-order valence-electron chi connectivity index (χ0n) is 15.4. The van der Waals surface area contributed by atoms with E-state index < -0.39 is 5.97 Å². The third kappa shape index (κ3) is 5.52. The average Bonchev–Trinajstić information content (AvgIpc) is 2.60. The van der Waals surface area contributed by atoms with Crippen molar-refractivity contribution in [3.05, 3.63) is 47.3 Å². The molecule has 0 aliphatic heterocycles. The number of hydrogen-bond acceptors (Lipinski definition) is 7. The number of anilines is 2. The number of carbonyl (C=O) groups excluding carboxylic acids is 2. The Bertz CT molecular complexity index is 792. The Hall–Kier alpha value is -3.00. The van der Waals surface area contributed by atoms with Crippen molar-refractivity contribution in [2.75, 3.05) is 39.6 Å². The monoisotopic (exact) mass is 357 g/mol. The lowest BCUT2D eigenvalue weighted by Crippen LogP contribution is -2.32. The maximum atomic E-state index is 12.3. The second-order valence-corrected chi connectivity index (χ2v) is 5.97. The molecule has 0 atom stereocenters. The first-order valence-corrected chi connectivity index (χ1v) is 8.13. The van der Waals surface area contributed by atoms with Crippen LogP contribution in [0.3, 0.4) is 0 Å². The summed E-state index contributed by atoms with van der Waals surface area (Å²) in [5, 5.41) is 5.84. The first-order valence-electron chi connectivity index (χ1n) is 8.13. The Labute approximate surface area is 152 Å². The molecule has 8 heteroatoms. The minimum atomic E-state index is -0.431. The van der Waals surface area contributed by atoms with Gasteiger partial charge in [-0.1, -0.05) is 6.07 Å². The third-order valence-corrected chi connectivity index (χ3v) is 3.47. The molecule has 1 amide bonds. The number of aryl methyl sites for hydroxylation is 1. The highest BCUT2D eigenvalue weighted by Crippen LogP contribution is 2.16. The zero-order chi connectivity index (χ0) is 19.1. The number of ether oxygens (including phenoxy) is 1. The summed E-state index contributed by atoms with van der Waals surface area (Å²) in [5.41, 5.74) is 1.97. The van der Waals surface area contributed by atoms with Crippen LogP contribution in [0.1, 0.15) is 26.5 Å². The number of likely N-dealkylation sites (N-methyl/N-ethyl adjacent to an activating group) is 1. The summed E-state index contributed by atoms with van der Waals surface area (Å²) in [6.07, 6.45) is 0. The summed E-state index contributed by atoms with van der Waals surface area (Å²) in [6, 6.07) is 8.40. The topological polar surface area (TPSA) is 96.4 Å². The molecule has 1 aromatic heterocycles. The molecule has 0 saturated heterocycles. The van der Waals surface area contributed by atoms with E-state index in [2.05, 4.69) is 20.6 Å². The summed E-state index contributed by atoms with van der Waals surface area (Å²) in [4.78, 5) is 34.4. The van der Waals surface area contributed by atoms with Gasteiger partial charge < -0.3 is 20.3 Å². The number of carbonyl (C=O) groups is 2. The highest BCUT2D eigenvalue weighted by Gasteiger charge is 2.11. The Kier molecular flexibility index (Phi) is 6.62. The number of amides is 1. The average molecular weight is 357 g/mol. The van der Waals surface area contributed by atoms with Crippen molar-refractivity contribution in [3.63, 3.8) is 0 Å². The molecule has 0 aliphatic rings. The molecule has 0 spiro atoms. The Morgan fingerprint density at radius 1 is 1.19 bits per heavy atom. The van der Waals surface area contributed by atoms with E-state index in [-0.39, 0.29) is 17.5 Å². The van der Waals surface area contributed by atoms with Crippen molar-refractivity contribution in [1.29, 1.82) is 0 Å². The smallest absolute Gasteiger partial charge is 0.337 e. The lowest BCUT2D eigenvalue weighted by Gasteiger charge is -2.11. The van der Waals surface area contributed by atoms with Gasteiger partial charge >= 0.3 is 5.97 Å². The van der Waals surface area contributed by atoms with Crippen LogP contribution < -0.4 is 10.6 Å². The number of nitrogens with zero attached hydrogens (tertiary/aromatic N) is 3. The van der Waals surface area contributed by atoms with E-state index in [4.69, 9.17) is 4.74 Å². The van der Waals surface area contributed by atoms with Crippen molar-refractivity contribution < 1.29 is 14.3 Å². The number of nitrogens with one attached hydrogen (secondary N) is 2. The highest BCUT2D eigenvalue weighted by atomic mass is 16.5. The minimum Gasteiger partial charge on any atom is -0.465 e. The normalized spacial score (nSPS) is 10.5. The van der Waals surface area contributed by atoms with E-state index >= 15 is 0 Å². The molecule has 2 aromatic rings. The number of benzene rings is 1. The molecule has 2 rings (SSSR count). The maximum Gasteiger partial charge on any atom is 0.337 e. The largest absolute Gasteiger partial charge is 0.465 e. The summed E-state index contributed by atoms with van der Waals surface area (Å²) in [5.74, 6) is -0.409. The molecule has 26 heavy (non-hydrogen) atoms. The van der Waals surface area contributed by atoms with Gasteiger partial charge in [-0.3, -0.25) is 4.79 Å². The highest BCUT2D eigenvalue weighted by molar-refractivity contribution is 5.93. The number of esters is 1. The third-order valence-electron chi connectivity index (χ3n) is 3.47. The Balaban J connectivity index is 2.14. The lowest BCUT2D eigenvalue weighted by molar-refractivity contribution is 0.0600. The minimum absolute atomic E-state index is 0.260. The maximum absolute atomic E-state index is 12.3. The van der Waals surface area contributed by atoms with Crippen molar-refractivity contribution in [1.82, 2.24) is 20.2 Å². The lowest BCUT2D eigenvalue weighted by atomic mass is 10.2. The van der Waals surface area contributed by atoms with Crippen LogP contribution in [0.4, 0.5) is 11.6 Å². The predicted octanol–water partition coefficient (Wildman–Crippen LogP) is 1.61. The van der Waals surface area contributed by atoms with Crippen LogP contribution in [0, 0.1) is 6.92 Å². The number of hydrogen-bond donors (Lipinski definition) is 2. The standard InChI is InChI=1S/C18H23N5O3/c1-12-10-15(16(24)19-8-9-23(2)3)22-18(20-12)21-14-7-5-6-13(11-14)17(25)26-4/h5-7,10-11H,8-9H2,1-4H3,(H,19,24)(H,20,21,22). The van der Waals surface area contributed by atoms with Crippen LogP contribution in [-0.2, 0) is 4.74 Å². The van der Waals surface area contributed by atoms with Crippen LogP contribution in [0.2, 0.25) is 0 Å². The zero-order valence-corrected chi connectivity index (χ0v) is 15.4. The number of rotatable bonds is 7. The van der Waals surface area contributed by atoms with Gasteiger partial charge in [-0.05, 0) is 45.3 Å². The van der Waals surface area contributed by atoms with Crippen molar-refractivity contribution >= 4 is 23.5 Å². The fourth-order valence-corrected chi connectivity index (χ4v) is 2.20. The molecule has 0 aliphatic carbocycles. The molecule has 1 heterocycles. The first-order chi connectivity index (χ1) is 12.4. The van der Waals surface area contributed by atoms with Crippen LogP contribution in [0.15, 0.2) is 30.3 Å². The second-order valence-electron chi connectivity index (χ2n) is 5.97. The van der Waals surface area contributed by atoms with Gasteiger partial charge in [0.2, 0.25) is 5.95 Å². The molecule has 0 bridgehead atoms. The SMILES string of the molecule is COC(=O)c1cccc(Nc2nc(C)cc(C(=O)NCCN(C)C)n2)c1. The van der Waals surface area contributed by atoms with Gasteiger partial charge in [-0.2, -0.15) is 0 Å². The molecule has 2 N–H and O–H groups in total. The van der Waals surface area contributed by atoms with Crippen LogP contribution in [0.25, 0.3) is 0 Å². The number of aromatic nitrogens is 2. The van der Waals surface area contributed by atoms with Crippen molar-refractivity contribution in [2.24, 2.45) is 0 Å². The summed E-state index contributed by atoms with van der Waals surface area (Å²) in [7, 11) is 5.20. The molecular formula is C18H23N5O3. The van der Waals surface area contributed by atoms with Crippen LogP contribution in [-0.4, -0.2) is 61.0 Å². The van der Waals surface area contributed by atoms with E-state index in [1.807, 2.05) is 19.0 Å². The predicted molar refractivity (Wildman–Crippen MR) is 98.7 cm³/mol. The Morgan fingerprint density at radius 3 is 2.65 bits per heavy atom. The van der Waals surface area contributed by atoms with Crippen LogP contribution >= 0.6 is 0 Å². The summed E-state index contributed by atoms with van der Waals surface area (Å²) in [6.45, 7) is 3.05. The quantitative estimate of drug-likeness (QED) is 0.727. The molecule has 0 unspecified atom stereocenters. The van der Waals surface area contributed by atoms with Gasteiger partial charge in [-0.15, -0.1) is 0 Å². The van der Waals surface area contributed by atoms with Crippen LogP contribution in [0.5, 0.6) is 0 Å². The fraction of sp³-hybridized carbons (Fsp3) is 0.333. The van der Waals surface area contributed by atoms with E-state index in [1.54, 1.807) is 37.3 Å². The van der Waals surface area contributed by atoms with Gasteiger partial charge in [0.1, 0.15) is 5.69 Å². The molecule has 1 aromatic carbocycles. The van der Waals surface area contributed by atoms with E-state index in [9.17, 15) is 9.59 Å². The summed E-state index contributed by atoms with van der Waals surface area (Å²) < 4.78 is 4.71. The molecular weight excluding hydrogens is 334 g/mol. The van der Waals surface area contributed by atoms with Gasteiger partial charge in [0.15, 0.2) is 0 Å². The van der Waals surface area contributed by atoms with E-state index in [0.717, 1.165) is 6.54 Å². The first kappa shape index (κ1) is 19.3. The fourth-order valence-electron chi connectivity index (χ4n) is 2.20. The Morgan fingerprint density at radius 2 is 1.96 bits per heavy atom. The van der Waals surface area contributed by atoms with E-state index in [1.165, 1.54) is 7.11 Å². The van der Waals surface area contributed by atoms with Gasteiger partial charge in [-0.25, -0.2) is 14.8 Å². The van der Waals surface area contributed by atoms with Gasteiger partial charge in [0.05, 0.1) is 12.7 Å². The van der Waals surface area contributed by atoms with Gasteiger partial charge in [0.25, 0.3) is 5.91 Å². The number of methoxy groups -OCH3 is 1. The molecule has 0 radical (unpaired) electrons. The molecule has 0 fully saturated rings. The molecule has 0 saturated carbocycles. The van der Waals surface area contributed by atoms with Crippen molar-refractivity contribution in [3.8, 4) is 0 Å². The van der Waals surface area contributed by atoms with Crippen molar-refractivity contribution in [2.45, 2.75) is 6.92 Å². The second kappa shape index (κ2) is 8.91. The molecule has 8 nitrogen and oxygen atoms in total. The van der Waals surface area contributed by atoms with Gasteiger partial charge in [0, 0.05) is 24.5 Å².